The molecule has 0 saturated carbocycles. The molecule has 0 fully saturated rings. The lowest BCUT2D eigenvalue weighted by molar-refractivity contribution is 0.0377. The molecule has 0 bridgehead atoms. The Morgan fingerprint density at radius 1 is 1.06 bits per heavy atom. The number of hydrogen-bond donors (Lipinski definition) is 2. The Hall–Kier alpha value is -2.98. The molecule has 2 rings (SSSR count). The SMILES string of the molecule is COC(=O)c1c(NC(=S)Nc2ccc(C(=O)OC(C)C)cc2)sc(C(=O)N(C)C)c1C. The van der Waals surface area contributed by atoms with Crippen LogP contribution in [0.3, 0.4) is 0 Å². The first-order valence-corrected chi connectivity index (χ1v) is 10.6. The zero-order valence-corrected chi connectivity index (χ0v) is 19.8. The van der Waals surface area contributed by atoms with Crippen LogP contribution in [0.5, 0.6) is 0 Å². The lowest BCUT2D eigenvalue weighted by Crippen LogP contribution is -2.21. The van der Waals surface area contributed by atoms with Crippen molar-refractivity contribution >= 4 is 57.2 Å². The molecular weight excluding hydrogens is 438 g/mol. The van der Waals surface area contributed by atoms with Gasteiger partial charge in [-0.15, -0.1) is 11.3 Å². The van der Waals surface area contributed by atoms with Crippen molar-refractivity contribution in [3.63, 3.8) is 0 Å². The minimum atomic E-state index is -0.565. The van der Waals surface area contributed by atoms with Crippen molar-refractivity contribution in [2.75, 3.05) is 31.8 Å². The Labute approximate surface area is 190 Å². The number of thiocarbonyl (C=S) groups is 1. The van der Waals surface area contributed by atoms with E-state index in [9.17, 15) is 14.4 Å². The highest BCUT2D eigenvalue weighted by Gasteiger charge is 2.26. The molecule has 166 valence electrons. The van der Waals surface area contributed by atoms with Gasteiger partial charge in [-0.2, -0.15) is 0 Å². The second-order valence-corrected chi connectivity index (χ2v) is 8.49. The number of nitrogens with zero attached hydrogens (tertiary/aromatic N) is 1. The molecular formula is C21H25N3O5S2. The Morgan fingerprint density at radius 2 is 1.68 bits per heavy atom. The first-order chi connectivity index (χ1) is 14.5. The van der Waals surface area contributed by atoms with E-state index in [1.54, 1.807) is 59.1 Å². The van der Waals surface area contributed by atoms with E-state index in [0.717, 1.165) is 11.3 Å². The van der Waals surface area contributed by atoms with Crippen LogP contribution in [0.2, 0.25) is 0 Å². The summed E-state index contributed by atoms with van der Waals surface area (Å²) in [5.74, 6) is -1.19. The smallest absolute Gasteiger partial charge is 0.341 e. The lowest BCUT2D eigenvalue weighted by Gasteiger charge is -2.12. The first-order valence-electron chi connectivity index (χ1n) is 9.37. The highest BCUT2D eigenvalue weighted by atomic mass is 32.1. The van der Waals surface area contributed by atoms with Crippen molar-refractivity contribution in [3.05, 3.63) is 45.8 Å². The second kappa shape index (κ2) is 10.4. The van der Waals surface area contributed by atoms with Gasteiger partial charge in [-0.25, -0.2) is 9.59 Å². The maximum absolute atomic E-state index is 12.4. The van der Waals surface area contributed by atoms with Crippen LogP contribution < -0.4 is 10.6 Å². The van der Waals surface area contributed by atoms with Gasteiger partial charge in [0.1, 0.15) is 5.00 Å². The van der Waals surface area contributed by atoms with Crippen molar-refractivity contribution in [1.29, 1.82) is 0 Å². The fourth-order valence-electron chi connectivity index (χ4n) is 2.59. The van der Waals surface area contributed by atoms with E-state index in [1.165, 1.54) is 12.0 Å². The molecule has 0 saturated heterocycles. The van der Waals surface area contributed by atoms with Gasteiger partial charge in [-0.3, -0.25) is 4.79 Å². The number of carbonyl (C=O) groups is 3. The zero-order chi connectivity index (χ0) is 23.3. The number of thiophene rings is 1. The van der Waals surface area contributed by atoms with Crippen LogP contribution in [-0.4, -0.2) is 55.2 Å². The summed E-state index contributed by atoms with van der Waals surface area (Å²) in [6, 6.07) is 6.62. The summed E-state index contributed by atoms with van der Waals surface area (Å²) in [5, 5.41) is 6.58. The van der Waals surface area contributed by atoms with Crippen LogP contribution in [0.4, 0.5) is 10.7 Å². The van der Waals surface area contributed by atoms with Gasteiger partial charge in [0, 0.05) is 19.8 Å². The highest BCUT2D eigenvalue weighted by molar-refractivity contribution is 7.80. The molecule has 31 heavy (non-hydrogen) atoms. The number of carbonyl (C=O) groups excluding carboxylic acids is 3. The van der Waals surface area contributed by atoms with Gasteiger partial charge in [-0.05, 0) is 62.8 Å². The van der Waals surface area contributed by atoms with Crippen molar-refractivity contribution in [2.24, 2.45) is 0 Å². The molecule has 8 nitrogen and oxygen atoms in total. The fourth-order valence-corrected chi connectivity index (χ4v) is 4.10. The summed E-state index contributed by atoms with van der Waals surface area (Å²) >= 11 is 6.48. The molecule has 0 unspecified atom stereocenters. The number of methoxy groups -OCH3 is 1. The van der Waals surface area contributed by atoms with Crippen LogP contribution in [0.1, 0.15) is 49.8 Å². The largest absolute Gasteiger partial charge is 0.465 e. The molecule has 0 aliphatic rings. The number of anilines is 2. The Bertz CT molecular complexity index is 997. The summed E-state index contributed by atoms with van der Waals surface area (Å²) in [4.78, 5) is 38.5. The highest BCUT2D eigenvalue weighted by Crippen LogP contribution is 2.34. The monoisotopic (exact) mass is 463 g/mol. The van der Waals surface area contributed by atoms with E-state index in [-0.39, 0.29) is 22.7 Å². The summed E-state index contributed by atoms with van der Waals surface area (Å²) in [6.45, 7) is 5.25. The minimum Gasteiger partial charge on any atom is -0.465 e. The normalized spacial score (nSPS) is 10.4. The predicted octanol–water partition coefficient (Wildman–Crippen LogP) is 3.92. The van der Waals surface area contributed by atoms with Crippen molar-refractivity contribution in [3.8, 4) is 0 Å². The fraction of sp³-hybridized carbons (Fsp3) is 0.333. The molecule has 1 heterocycles. The van der Waals surface area contributed by atoms with E-state index in [0.29, 0.717) is 26.7 Å². The van der Waals surface area contributed by atoms with Gasteiger partial charge in [0.2, 0.25) is 0 Å². The van der Waals surface area contributed by atoms with Crippen LogP contribution in [0, 0.1) is 6.92 Å². The van der Waals surface area contributed by atoms with Crippen LogP contribution in [-0.2, 0) is 9.47 Å². The van der Waals surface area contributed by atoms with Gasteiger partial charge < -0.3 is 25.0 Å². The number of hydrogen-bond acceptors (Lipinski definition) is 7. The first kappa shape index (κ1) is 24.3. The van der Waals surface area contributed by atoms with Crippen LogP contribution >= 0.6 is 23.6 Å². The van der Waals surface area contributed by atoms with Crippen molar-refractivity contribution in [2.45, 2.75) is 26.9 Å². The van der Waals surface area contributed by atoms with Gasteiger partial charge in [0.05, 0.1) is 29.2 Å². The Balaban J connectivity index is 2.19. The molecule has 0 radical (unpaired) electrons. The van der Waals surface area contributed by atoms with Crippen LogP contribution in [0.15, 0.2) is 24.3 Å². The van der Waals surface area contributed by atoms with E-state index in [1.807, 2.05) is 0 Å². The second-order valence-electron chi connectivity index (χ2n) is 7.06. The maximum Gasteiger partial charge on any atom is 0.341 e. The van der Waals surface area contributed by atoms with Gasteiger partial charge in [0.25, 0.3) is 5.91 Å². The maximum atomic E-state index is 12.4. The lowest BCUT2D eigenvalue weighted by atomic mass is 10.1. The zero-order valence-electron chi connectivity index (χ0n) is 18.2. The number of amides is 1. The molecule has 2 aromatic rings. The third kappa shape index (κ3) is 6.02. The summed E-state index contributed by atoms with van der Waals surface area (Å²) < 4.78 is 10.0. The molecule has 1 aromatic heterocycles. The number of benzene rings is 1. The van der Waals surface area contributed by atoms with E-state index < -0.39 is 11.9 Å². The molecule has 0 aliphatic heterocycles. The predicted molar refractivity (Wildman–Crippen MR) is 125 cm³/mol. The molecule has 1 aromatic carbocycles. The Kier molecular flexibility index (Phi) is 8.12. The van der Waals surface area contributed by atoms with Crippen molar-refractivity contribution < 1.29 is 23.9 Å². The number of esters is 2. The number of ether oxygens (including phenoxy) is 2. The third-order valence-electron chi connectivity index (χ3n) is 4.08. The standard InChI is InChI=1S/C21H25N3O5S2/c1-11(2)29-19(26)13-7-9-14(10-8-13)22-21(30)23-17-15(20(27)28-6)12(3)16(31-17)18(25)24(4)5/h7-11H,1-6H3,(H2,22,23,30). The summed E-state index contributed by atoms with van der Waals surface area (Å²) in [7, 11) is 4.55. The number of nitrogens with one attached hydrogen (secondary N) is 2. The third-order valence-corrected chi connectivity index (χ3v) is 5.48. The number of rotatable bonds is 6. The van der Waals surface area contributed by atoms with E-state index in [2.05, 4.69) is 10.6 Å². The molecule has 0 spiro atoms. The van der Waals surface area contributed by atoms with Crippen molar-refractivity contribution in [1.82, 2.24) is 4.90 Å². The van der Waals surface area contributed by atoms with Gasteiger partial charge in [-0.1, -0.05) is 0 Å². The Morgan fingerprint density at radius 3 is 2.19 bits per heavy atom. The quantitative estimate of drug-likeness (QED) is 0.492. The molecule has 2 N–H and O–H groups in total. The topological polar surface area (TPSA) is 97.0 Å². The molecule has 0 atom stereocenters. The molecule has 0 aliphatic carbocycles. The van der Waals surface area contributed by atoms with E-state index in [4.69, 9.17) is 21.7 Å². The van der Waals surface area contributed by atoms with Gasteiger partial charge >= 0.3 is 11.9 Å². The average Bonchev–Trinajstić information content (AvgIpc) is 3.02. The minimum absolute atomic E-state index is 0.204. The summed E-state index contributed by atoms with van der Waals surface area (Å²) in [6.07, 6.45) is -0.204. The molecule has 10 heteroatoms. The van der Waals surface area contributed by atoms with Crippen LogP contribution in [0.25, 0.3) is 0 Å². The summed E-state index contributed by atoms with van der Waals surface area (Å²) in [5.41, 5.74) is 1.84. The van der Waals surface area contributed by atoms with E-state index >= 15 is 0 Å². The molecule has 1 amide bonds. The van der Waals surface area contributed by atoms with Gasteiger partial charge in [0.15, 0.2) is 5.11 Å². The average molecular weight is 464 g/mol.